The van der Waals surface area contributed by atoms with Gasteiger partial charge in [0.05, 0.1) is 0 Å². The molecule has 0 atom stereocenters. The van der Waals surface area contributed by atoms with Crippen LogP contribution in [0.2, 0.25) is 0 Å². The molecule has 2 heteroatoms. The Morgan fingerprint density at radius 1 is 0.579 bits per heavy atom. The van der Waals surface area contributed by atoms with Crippen LogP contribution < -0.4 is 0 Å². The van der Waals surface area contributed by atoms with Gasteiger partial charge in [0.15, 0.2) is 0 Å². The lowest BCUT2D eigenvalue weighted by Gasteiger charge is -1.99. The van der Waals surface area contributed by atoms with Crippen molar-refractivity contribution in [3.05, 3.63) is 58.7 Å². The van der Waals surface area contributed by atoms with E-state index >= 15 is 0 Å². The molecule has 0 unspecified atom stereocenters. The van der Waals surface area contributed by atoms with Crippen LogP contribution in [0.4, 0.5) is 0 Å². The van der Waals surface area contributed by atoms with Crippen molar-refractivity contribution < 1.29 is 10.2 Å². The number of para-hydroxylation sites is 2. The van der Waals surface area contributed by atoms with E-state index in [0.717, 1.165) is 22.3 Å². The predicted molar refractivity (Wildman–Crippen MR) is 81.9 cm³/mol. The summed E-state index contributed by atoms with van der Waals surface area (Å²) in [6.45, 7) is 7.56. The first kappa shape index (κ1) is 17.0. The fraction of sp³-hybridized carbons (Fsp3) is 0.294. The van der Waals surface area contributed by atoms with Crippen LogP contribution in [0.3, 0.4) is 0 Å². The van der Waals surface area contributed by atoms with Gasteiger partial charge in [0.1, 0.15) is 11.5 Å². The normalized spacial score (nSPS) is 9.05. The van der Waals surface area contributed by atoms with E-state index in [-0.39, 0.29) is 7.43 Å². The summed E-state index contributed by atoms with van der Waals surface area (Å²) >= 11 is 0. The molecule has 0 amide bonds. The van der Waals surface area contributed by atoms with Crippen LogP contribution in [-0.2, 0) is 0 Å². The Kier molecular flexibility index (Phi) is 6.70. The van der Waals surface area contributed by atoms with Crippen molar-refractivity contribution in [2.24, 2.45) is 0 Å². The van der Waals surface area contributed by atoms with Gasteiger partial charge in [-0.1, -0.05) is 43.8 Å². The van der Waals surface area contributed by atoms with Crippen molar-refractivity contribution in [3.63, 3.8) is 0 Å². The molecule has 0 spiro atoms. The Balaban J connectivity index is 0.000000324. The number of aromatic hydroxyl groups is 2. The standard InChI is InChI=1S/2C8H10O.CH4/c2*1-6-4-3-5-7(2)8(6)9;/h2*3-5,9H,1-2H3;1H4. The molecule has 2 aromatic carbocycles. The maximum Gasteiger partial charge on any atom is 0.121 e. The van der Waals surface area contributed by atoms with Crippen molar-refractivity contribution in [2.75, 3.05) is 0 Å². The van der Waals surface area contributed by atoms with E-state index in [0.29, 0.717) is 11.5 Å². The molecule has 0 bridgehead atoms. The van der Waals surface area contributed by atoms with E-state index in [1.54, 1.807) is 0 Å². The maximum atomic E-state index is 9.21. The number of phenols is 2. The third-order valence-corrected chi connectivity index (χ3v) is 2.88. The summed E-state index contributed by atoms with van der Waals surface area (Å²) in [5, 5.41) is 18.4. The third kappa shape index (κ3) is 4.66. The van der Waals surface area contributed by atoms with Gasteiger partial charge in [-0.25, -0.2) is 0 Å². The van der Waals surface area contributed by atoms with Crippen LogP contribution in [0.15, 0.2) is 36.4 Å². The summed E-state index contributed by atoms with van der Waals surface area (Å²) in [5.41, 5.74) is 3.76. The number of phenolic OH excluding ortho intramolecular Hbond substituents is 2. The number of rotatable bonds is 0. The SMILES string of the molecule is C.Cc1cccc(C)c1O.Cc1cccc(C)c1O. The summed E-state index contributed by atoms with van der Waals surface area (Å²) < 4.78 is 0. The van der Waals surface area contributed by atoms with E-state index in [1.807, 2.05) is 64.1 Å². The molecule has 0 fully saturated rings. The van der Waals surface area contributed by atoms with E-state index in [1.165, 1.54) is 0 Å². The summed E-state index contributed by atoms with van der Waals surface area (Å²) in [5.74, 6) is 0.829. The zero-order valence-electron chi connectivity index (χ0n) is 11.4. The smallest absolute Gasteiger partial charge is 0.121 e. The van der Waals surface area contributed by atoms with Gasteiger partial charge in [0.25, 0.3) is 0 Å². The molecule has 2 aromatic rings. The highest BCUT2D eigenvalue weighted by Gasteiger charge is 1.95. The highest BCUT2D eigenvalue weighted by Crippen LogP contribution is 2.19. The molecular weight excluding hydrogens is 236 g/mol. The zero-order valence-corrected chi connectivity index (χ0v) is 11.4. The van der Waals surface area contributed by atoms with Gasteiger partial charge in [-0.15, -0.1) is 0 Å². The first-order valence-electron chi connectivity index (χ1n) is 5.94. The molecule has 0 aromatic heterocycles. The molecule has 0 aliphatic heterocycles. The lowest BCUT2D eigenvalue weighted by molar-refractivity contribution is 0.466. The fourth-order valence-electron chi connectivity index (χ4n) is 1.61. The first-order valence-corrected chi connectivity index (χ1v) is 5.94. The minimum absolute atomic E-state index is 0. The van der Waals surface area contributed by atoms with Crippen LogP contribution in [-0.4, -0.2) is 10.2 Å². The number of hydrogen-bond acceptors (Lipinski definition) is 2. The van der Waals surface area contributed by atoms with E-state index in [9.17, 15) is 10.2 Å². The lowest BCUT2D eigenvalue weighted by atomic mass is 10.1. The Morgan fingerprint density at radius 2 is 0.789 bits per heavy atom. The van der Waals surface area contributed by atoms with Crippen LogP contribution in [0, 0.1) is 27.7 Å². The van der Waals surface area contributed by atoms with E-state index in [2.05, 4.69) is 0 Å². The minimum Gasteiger partial charge on any atom is -0.507 e. The Morgan fingerprint density at radius 3 is 0.947 bits per heavy atom. The third-order valence-electron chi connectivity index (χ3n) is 2.88. The highest BCUT2D eigenvalue weighted by molar-refractivity contribution is 5.38. The van der Waals surface area contributed by atoms with Crippen LogP contribution >= 0.6 is 0 Å². The van der Waals surface area contributed by atoms with Gasteiger partial charge in [-0.3, -0.25) is 0 Å². The number of benzene rings is 2. The minimum atomic E-state index is 0. The summed E-state index contributed by atoms with van der Waals surface area (Å²) in [6.07, 6.45) is 0. The van der Waals surface area contributed by atoms with E-state index in [4.69, 9.17) is 0 Å². The molecule has 104 valence electrons. The molecule has 2 N–H and O–H groups in total. The summed E-state index contributed by atoms with van der Waals surface area (Å²) in [6, 6.07) is 11.4. The molecular formula is C17H24O2. The second kappa shape index (κ2) is 7.47. The van der Waals surface area contributed by atoms with Crippen LogP contribution in [0.25, 0.3) is 0 Å². The van der Waals surface area contributed by atoms with Gasteiger partial charge in [0.2, 0.25) is 0 Å². The zero-order chi connectivity index (χ0) is 13.7. The predicted octanol–water partition coefficient (Wildman–Crippen LogP) is 4.65. The molecule has 2 rings (SSSR count). The van der Waals surface area contributed by atoms with Crippen molar-refractivity contribution in [2.45, 2.75) is 35.1 Å². The maximum absolute atomic E-state index is 9.21. The second-order valence-electron chi connectivity index (χ2n) is 4.48. The Bertz CT molecular complexity index is 441. The Hall–Kier alpha value is -1.96. The summed E-state index contributed by atoms with van der Waals surface area (Å²) in [7, 11) is 0. The summed E-state index contributed by atoms with van der Waals surface area (Å²) in [4.78, 5) is 0. The molecule has 2 nitrogen and oxygen atoms in total. The highest BCUT2D eigenvalue weighted by atomic mass is 16.3. The van der Waals surface area contributed by atoms with Gasteiger partial charge in [-0.05, 0) is 49.9 Å². The van der Waals surface area contributed by atoms with Crippen LogP contribution in [0.1, 0.15) is 29.7 Å². The average molecular weight is 260 g/mol. The topological polar surface area (TPSA) is 40.5 Å². The van der Waals surface area contributed by atoms with Gasteiger partial charge in [0, 0.05) is 0 Å². The van der Waals surface area contributed by atoms with Crippen molar-refractivity contribution >= 4 is 0 Å². The van der Waals surface area contributed by atoms with Crippen LogP contribution in [0.5, 0.6) is 11.5 Å². The Labute approximate surface area is 116 Å². The molecule has 0 radical (unpaired) electrons. The molecule has 0 saturated heterocycles. The monoisotopic (exact) mass is 260 g/mol. The fourth-order valence-corrected chi connectivity index (χ4v) is 1.61. The molecule has 0 heterocycles. The van der Waals surface area contributed by atoms with Gasteiger partial charge >= 0.3 is 0 Å². The number of aryl methyl sites for hydroxylation is 4. The van der Waals surface area contributed by atoms with E-state index < -0.39 is 0 Å². The number of hydrogen-bond donors (Lipinski definition) is 2. The lowest BCUT2D eigenvalue weighted by Crippen LogP contribution is -1.76. The first-order chi connectivity index (χ1) is 8.43. The van der Waals surface area contributed by atoms with Crippen molar-refractivity contribution in [3.8, 4) is 11.5 Å². The second-order valence-corrected chi connectivity index (χ2v) is 4.48. The van der Waals surface area contributed by atoms with Gasteiger partial charge < -0.3 is 10.2 Å². The molecule has 0 aliphatic rings. The quantitative estimate of drug-likeness (QED) is 0.723. The molecule has 0 saturated carbocycles. The largest absolute Gasteiger partial charge is 0.507 e. The average Bonchev–Trinajstić information content (AvgIpc) is 2.34. The molecule has 0 aliphatic carbocycles. The van der Waals surface area contributed by atoms with Crippen molar-refractivity contribution in [1.82, 2.24) is 0 Å². The van der Waals surface area contributed by atoms with Crippen molar-refractivity contribution in [1.29, 1.82) is 0 Å². The molecule has 19 heavy (non-hydrogen) atoms. The van der Waals surface area contributed by atoms with Gasteiger partial charge in [-0.2, -0.15) is 0 Å².